The highest BCUT2D eigenvalue weighted by Crippen LogP contribution is 2.35. The van der Waals surface area contributed by atoms with Gasteiger partial charge in [0.1, 0.15) is 17.7 Å². The molecule has 2 aromatic carbocycles. The standard InChI is InChI=1S/C26H27ClFNO7S/c1-2-35-26(32)20-10-6-7-11-23(20)37(33,34)29(22-13-12-19(28)16-21(22)27)24(30)14-15-25(31)36-17-18-8-4-3-5-9-18/h3-5,8-10,12-13,16,23H,2,6-7,11,14-15,17H2,1H3. The number of halogens is 2. The maximum atomic E-state index is 13.8. The molecule has 11 heteroatoms. The molecular weight excluding hydrogens is 525 g/mol. The number of benzene rings is 2. The van der Waals surface area contributed by atoms with Crippen molar-refractivity contribution in [1.29, 1.82) is 0 Å². The first-order chi connectivity index (χ1) is 17.6. The van der Waals surface area contributed by atoms with Crippen molar-refractivity contribution < 1.29 is 36.7 Å². The van der Waals surface area contributed by atoms with Crippen LogP contribution < -0.4 is 4.31 Å². The predicted octanol–water partition coefficient (Wildman–Crippen LogP) is 4.71. The van der Waals surface area contributed by atoms with Crippen molar-refractivity contribution in [1.82, 2.24) is 0 Å². The molecule has 198 valence electrons. The van der Waals surface area contributed by atoms with Crippen LogP contribution in [0.4, 0.5) is 10.1 Å². The first-order valence-corrected chi connectivity index (χ1v) is 13.6. The molecule has 0 heterocycles. The smallest absolute Gasteiger partial charge is 0.335 e. The van der Waals surface area contributed by atoms with Crippen molar-refractivity contribution in [2.24, 2.45) is 0 Å². The fraction of sp³-hybridized carbons (Fsp3) is 0.346. The van der Waals surface area contributed by atoms with Crippen LogP contribution in [-0.4, -0.2) is 38.1 Å². The summed E-state index contributed by atoms with van der Waals surface area (Å²) in [6.45, 7) is 1.63. The zero-order chi connectivity index (χ0) is 27.0. The first-order valence-electron chi connectivity index (χ1n) is 11.7. The van der Waals surface area contributed by atoms with Crippen LogP contribution in [0.2, 0.25) is 5.02 Å². The molecule has 1 aliphatic carbocycles. The molecule has 8 nitrogen and oxygen atoms in total. The number of hydrogen-bond donors (Lipinski definition) is 0. The van der Waals surface area contributed by atoms with E-state index in [9.17, 15) is 27.2 Å². The van der Waals surface area contributed by atoms with E-state index in [-0.39, 0.29) is 35.9 Å². The average Bonchev–Trinajstić information content (AvgIpc) is 2.88. The molecule has 37 heavy (non-hydrogen) atoms. The summed E-state index contributed by atoms with van der Waals surface area (Å²) in [4.78, 5) is 38.1. The van der Waals surface area contributed by atoms with Crippen LogP contribution in [0.1, 0.15) is 44.6 Å². The van der Waals surface area contributed by atoms with Gasteiger partial charge in [0.2, 0.25) is 15.9 Å². The van der Waals surface area contributed by atoms with E-state index in [0.717, 1.165) is 23.8 Å². The van der Waals surface area contributed by atoms with Crippen LogP contribution in [0.25, 0.3) is 0 Å². The highest BCUT2D eigenvalue weighted by atomic mass is 35.5. The van der Waals surface area contributed by atoms with Crippen molar-refractivity contribution in [3.63, 3.8) is 0 Å². The number of nitrogens with zero attached hydrogens (tertiary/aromatic N) is 1. The number of esters is 2. The van der Waals surface area contributed by atoms with Crippen LogP contribution in [-0.2, 0) is 40.5 Å². The Kier molecular flexibility index (Phi) is 9.82. The van der Waals surface area contributed by atoms with Crippen molar-refractivity contribution in [2.75, 3.05) is 10.9 Å². The van der Waals surface area contributed by atoms with Crippen LogP contribution in [0.3, 0.4) is 0 Å². The highest BCUT2D eigenvalue weighted by molar-refractivity contribution is 7.94. The third-order valence-electron chi connectivity index (χ3n) is 5.65. The fourth-order valence-corrected chi connectivity index (χ4v) is 6.24. The lowest BCUT2D eigenvalue weighted by Crippen LogP contribution is -2.45. The lowest BCUT2D eigenvalue weighted by molar-refractivity contribution is -0.146. The lowest BCUT2D eigenvalue weighted by Gasteiger charge is -2.30. The fourth-order valence-electron chi connectivity index (χ4n) is 3.89. The quantitative estimate of drug-likeness (QED) is 0.394. The van der Waals surface area contributed by atoms with Gasteiger partial charge < -0.3 is 9.47 Å². The summed E-state index contributed by atoms with van der Waals surface area (Å²) in [6, 6.07) is 11.8. The number of hydrogen-bond acceptors (Lipinski definition) is 7. The SMILES string of the molecule is CCOC(=O)C1=CCCCC1S(=O)(=O)N(C(=O)CCC(=O)OCc1ccccc1)c1ccc(F)cc1Cl. The second kappa shape index (κ2) is 12.8. The van der Waals surface area contributed by atoms with Crippen LogP contribution in [0.15, 0.2) is 60.2 Å². The number of rotatable bonds is 10. The zero-order valence-electron chi connectivity index (χ0n) is 20.2. The summed E-state index contributed by atoms with van der Waals surface area (Å²) in [7, 11) is -4.57. The Balaban J connectivity index is 1.86. The number of sulfonamides is 1. The largest absolute Gasteiger partial charge is 0.463 e. The molecule has 0 saturated heterocycles. The van der Waals surface area contributed by atoms with E-state index in [1.54, 1.807) is 31.2 Å². The Hall–Kier alpha value is -3.24. The van der Waals surface area contributed by atoms with E-state index < -0.39 is 51.8 Å². The van der Waals surface area contributed by atoms with Crippen LogP contribution in [0, 0.1) is 5.82 Å². The van der Waals surface area contributed by atoms with Crippen molar-refractivity contribution in [3.05, 3.63) is 76.6 Å². The number of anilines is 1. The van der Waals surface area contributed by atoms with Gasteiger partial charge in [-0.1, -0.05) is 48.0 Å². The molecule has 1 amide bonds. The number of carbonyl (C=O) groups is 3. The van der Waals surface area contributed by atoms with E-state index >= 15 is 0 Å². The summed E-state index contributed by atoms with van der Waals surface area (Å²) in [5.74, 6) is -3.20. The van der Waals surface area contributed by atoms with Gasteiger partial charge in [0.15, 0.2) is 0 Å². The number of amides is 1. The zero-order valence-corrected chi connectivity index (χ0v) is 21.8. The molecule has 2 aromatic rings. The van der Waals surface area contributed by atoms with Gasteiger partial charge in [0.05, 0.1) is 29.3 Å². The molecule has 0 fully saturated rings. The summed E-state index contributed by atoms with van der Waals surface area (Å²) in [5.41, 5.74) is 0.394. The molecule has 0 radical (unpaired) electrons. The Morgan fingerprint density at radius 3 is 2.49 bits per heavy atom. The average molecular weight is 552 g/mol. The number of allylic oxidation sites excluding steroid dienone is 1. The lowest BCUT2D eigenvalue weighted by atomic mass is 9.99. The minimum atomic E-state index is -4.57. The maximum absolute atomic E-state index is 13.8. The number of ether oxygens (including phenoxy) is 2. The second-order valence-electron chi connectivity index (χ2n) is 8.24. The highest BCUT2D eigenvalue weighted by Gasteiger charge is 2.42. The Morgan fingerprint density at radius 2 is 1.81 bits per heavy atom. The van der Waals surface area contributed by atoms with Crippen molar-refractivity contribution >= 4 is 45.2 Å². The molecule has 3 rings (SSSR count). The molecule has 1 unspecified atom stereocenters. The molecule has 0 aromatic heterocycles. The third kappa shape index (κ3) is 7.17. The van der Waals surface area contributed by atoms with Gasteiger partial charge in [-0.3, -0.25) is 9.59 Å². The molecule has 0 aliphatic heterocycles. The Labute approximate surface area is 220 Å². The molecule has 0 spiro atoms. The van der Waals surface area contributed by atoms with Gasteiger partial charge in [-0.15, -0.1) is 0 Å². The Morgan fingerprint density at radius 1 is 1.08 bits per heavy atom. The van der Waals surface area contributed by atoms with Gasteiger partial charge in [-0.25, -0.2) is 21.9 Å². The first kappa shape index (κ1) is 28.3. The minimum Gasteiger partial charge on any atom is -0.463 e. The van der Waals surface area contributed by atoms with Crippen molar-refractivity contribution in [2.45, 2.75) is 50.9 Å². The molecule has 1 atom stereocenters. The summed E-state index contributed by atoms with van der Waals surface area (Å²) in [5, 5.41) is -1.70. The van der Waals surface area contributed by atoms with Gasteiger partial charge >= 0.3 is 11.9 Å². The van der Waals surface area contributed by atoms with E-state index in [2.05, 4.69) is 0 Å². The predicted molar refractivity (Wildman–Crippen MR) is 136 cm³/mol. The summed E-state index contributed by atoms with van der Waals surface area (Å²) >= 11 is 6.15. The van der Waals surface area contributed by atoms with Crippen LogP contribution in [0.5, 0.6) is 0 Å². The van der Waals surface area contributed by atoms with E-state index in [1.165, 1.54) is 6.08 Å². The number of carbonyl (C=O) groups excluding carboxylic acids is 3. The summed E-state index contributed by atoms with van der Waals surface area (Å²) < 4.78 is 52.0. The second-order valence-corrected chi connectivity index (χ2v) is 10.6. The molecule has 0 saturated carbocycles. The maximum Gasteiger partial charge on any atom is 0.335 e. The van der Waals surface area contributed by atoms with Gasteiger partial charge in [-0.2, -0.15) is 0 Å². The Bertz CT molecular complexity index is 1280. The minimum absolute atomic E-state index is 0.00453. The van der Waals surface area contributed by atoms with Crippen molar-refractivity contribution in [3.8, 4) is 0 Å². The van der Waals surface area contributed by atoms with E-state index in [4.69, 9.17) is 21.1 Å². The normalized spacial score (nSPS) is 15.4. The van der Waals surface area contributed by atoms with Crippen LogP contribution >= 0.6 is 11.6 Å². The van der Waals surface area contributed by atoms with Gasteiger partial charge in [0, 0.05) is 6.42 Å². The third-order valence-corrected chi connectivity index (χ3v) is 8.07. The monoisotopic (exact) mass is 551 g/mol. The topological polar surface area (TPSA) is 107 Å². The molecular formula is C26H27ClFNO7S. The van der Waals surface area contributed by atoms with Gasteiger partial charge in [0.25, 0.3) is 0 Å². The molecule has 0 bridgehead atoms. The van der Waals surface area contributed by atoms with E-state index in [0.29, 0.717) is 17.1 Å². The van der Waals surface area contributed by atoms with Gasteiger partial charge in [-0.05, 0) is 49.9 Å². The summed E-state index contributed by atoms with van der Waals surface area (Å²) in [6.07, 6.45) is 1.55. The molecule has 1 aliphatic rings. The molecule has 0 N–H and O–H groups in total. The van der Waals surface area contributed by atoms with E-state index in [1.807, 2.05) is 6.07 Å².